The van der Waals surface area contributed by atoms with Crippen LogP contribution in [0.4, 0.5) is 5.69 Å². The summed E-state index contributed by atoms with van der Waals surface area (Å²) < 4.78 is 2.05. The minimum atomic E-state index is 0.302. The molecule has 4 rings (SSSR count). The molecule has 1 atom stereocenters. The molecule has 1 aromatic carbocycles. The van der Waals surface area contributed by atoms with Crippen molar-refractivity contribution in [2.24, 2.45) is 0 Å². The van der Waals surface area contributed by atoms with Gasteiger partial charge in [0, 0.05) is 35.9 Å². The lowest BCUT2D eigenvalue weighted by molar-refractivity contribution is 0.376. The smallest absolute Gasteiger partial charge is 0.103 e. The van der Waals surface area contributed by atoms with Crippen molar-refractivity contribution in [3.05, 3.63) is 52.9 Å². The highest BCUT2D eigenvalue weighted by Crippen LogP contribution is 2.34. The average Bonchev–Trinajstić information content (AvgIpc) is 3.07. The van der Waals surface area contributed by atoms with Crippen LogP contribution in [0.15, 0.2) is 36.8 Å². The maximum Gasteiger partial charge on any atom is 0.103 e. The second-order valence-corrected chi connectivity index (χ2v) is 6.97. The van der Waals surface area contributed by atoms with Gasteiger partial charge < -0.3 is 4.90 Å². The summed E-state index contributed by atoms with van der Waals surface area (Å²) in [7, 11) is 0. The van der Waals surface area contributed by atoms with Crippen LogP contribution in [-0.2, 0) is 0 Å². The summed E-state index contributed by atoms with van der Waals surface area (Å²) in [5, 5.41) is 15.7. The molecule has 0 saturated carbocycles. The van der Waals surface area contributed by atoms with E-state index in [0.717, 1.165) is 48.1 Å². The van der Waals surface area contributed by atoms with Crippen molar-refractivity contribution in [2.75, 3.05) is 18.0 Å². The quantitative estimate of drug-likeness (QED) is 0.697. The number of nitrogens with zero attached hydrogens (tertiary/aromatic N) is 5. The van der Waals surface area contributed by atoms with Crippen molar-refractivity contribution in [1.82, 2.24) is 14.8 Å². The molecule has 6 heteroatoms. The number of nitriles is 1. The Kier molecular flexibility index (Phi) is 4.06. The molecule has 2 aromatic heterocycles. The second-order valence-electron chi connectivity index (χ2n) is 6.53. The molecular weight excluding hydrogens is 334 g/mol. The third kappa shape index (κ3) is 2.94. The normalized spacial score (nSPS) is 17.6. The molecule has 0 bridgehead atoms. The predicted molar refractivity (Wildman–Crippen MR) is 98.9 cm³/mol. The first-order chi connectivity index (χ1) is 12.2. The fourth-order valence-electron chi connectivity index (χ4n) is 3.58. The van der Waals surface area contributed by atoms with E-state index in [1.54, 1.807) is 6.20 Å². The van der Waals surface area contributed by atoms with E-state index in [0.29, 0.717) is 16.6 Å². The van der Waals surface area contributed by atoms with Gasteiger partial charge in [-0.3, -0.25) is 9.67 Å². The number of benzene rings is 1. The summed E-state index contributed by atoms with van der Waals surface area (Å²) in [6.07, 6.45) is 7.78. The number of fused-ring (bicyclic) bond motifs is 1. The lowest BCUT2D eigenvalue weighted by atomic mass is 10.0. The molecule has 5 nitrogen and oxygen atoms in total. The van der Waals surface area contributed by atoms with Gasteiger partial charge in [-0.25, -0.2) is 0 Å². The number of rotatable bonds is 2. The first-order valence-corrected chi connectivity index (χ1v) is 8.77. The van der Waals surface area contributed by atoms with Gasteiger partial charge in [-0.1, -0.05) is 11.6 Å². The van der Waals surface area contributed by atoms with Crippen molar-refractivity contribution in [2.45, 2.75) is 25.8 Å². The van der Waals surface area contributed by atoms with Crippen LogP contribution in [0.25, 0.3) is 10.9 Å². The molecule has 126 valence electrons. The van der Waals surface area contributed by atoms with E-state index in [9.17, 15) is 5.26 Å². The van der Waals surface area contributed by atoms with E-state index in [4.69, 9.17) is 11.6 Å². The minimum absolute atomic E-state index is 0.302. The van der Waals surface area contributed by atoms with E-state index >= 15 is 0 Å². The number of aryl methyl sites for hydroxylation is 1. The van der Waals surface area contributed by atoms with Crippen LogP contribution in [0, 0.1) is 18.3 Å². The highest BCUT2D eigenvalue weighted by Gasteiger charge is 2.25. The number of pyridine rings is 1. The number of hydrogen-bond donors (Lipinski definition) is 0. The minimum Gasteiger partial charge on any atom is -0.368 e. The predicted octanol–water partition coefficient (Wildman–Crippen LogP) is 4.11. The van der Waals surface area contributed by atoms with Crippen LogP contribution in [0.1, 0.15) is 30.0 Å². The van der Waals surface area contributed by atoms with Crippen molar-refractivity contribution >= 4 is 28.2 Å². The fraction of sp³-hybridized carbons (Fsp3) is 0.316. The maximum atomic E-state index is 9.60. The molecule has 3 aromatic rings. The monoisotopic (exact) mass is 351 g/mol. The lowest BCUT2D eigenvalue weighted by Crippen LogP contribution is -2.37. The van der Waals surface area contributed by atoms with Crippen LogP contribution in [0.2, 0.25) is 5.02 Å². The summed E-state index contributed by atoms with van der Waals surface area (Å²) >= 11 is 6.21. The summed E-state index contributed by atoms with van der Waals surface area (Å²) in [6.45, 7) is 3.79. The zero-order valence-electron chi connectivity index (χ0n) is 14.0. The number of halogens is 1. The Hall–Kier alpha value is -2.58. The van der Waals surface area contributed by atoms with Gasteiger partial charge in [-0.2, -0.15) is 10.4 Å². The average molecular weight is 352 g/mol. The van der Waals surface area contributed by atoms with Gasteiger partial charge in [0.25, 0.3) is 0 Å². The van der Waals surface area contributed by atoms with Crippen molar-refractivity contribution in [1.29, 1.82) is 5.26 Å². The van der Waals surface area contributed by atoms with E-state index in [1.807, 2.05) is 29.1 Å². The highest BCUT2D eigenvalue weighted by molar-refractivity contribution is 6.31. The van der Waals surface area contributed by atoms with Crippen LogP contribution in [0.5, 0.6) is 0 Å². The van der Waals surface area contributed by atoms with E-state index < -0.39 is 0 Å². The summed E-state index contributed by atoms with van der Waals surface area (Å²) in [4.78, 5) is 6.69. The van der Waals surface area contributed by atoms with Crippen LogP contribution in [-0.4, -0.2) is 27.9 Å². The topological polar surface area (TPSA) is 57.7 Å². The van der Waals surface area contributed by atoms with Gasteiger partial charge >= 0.3 is 0 Å². The van der Waals surface area contributed by atoms with Crippen LogP contribution >= 0.6 is 11.6 Å². The molecule has 0 aliphatic carbocycles. The van der Waals surface area contributed by atoms with Gasteiger partial charge in [0.1, 0.15) is 6.07 Å². The molecule has 1 aliphatic heterocycles. The van der Waals surface area contributed by atoms with Gasteiger partial charge in [-0.05, 0) is 43.5 Å². The summed E-state index contributed by atoms with van der Waals surface area (Å²) in [5.74, 6) is 0. The zero-order chi connectivity index (χ0) is 17.4. The second kappa shape index (κ2) is 6.38. The molecular formula is C19H18ClN5. The van der Waals surface area contributed by atoms with E-state index in [1.165, 1.54) is 0 Å². The third-order valence-corrected chi connectivity index (χ3v) is 4.97. The van der Waals surface area contributed by atoms with Gasteiger partial charge in [-0.15, -0.1) is 0 Å². The highest BCUT2D eigenvalue weighted by atomic mass is 35.5. The molecule has 1 saturated heterocycles. The molecule has 1 aliphatic rings. The summed E-state index contributed by atoms with van der Waals surface area (Å²) in [5.41, 5.74) is 3.54. The molecule has 1 fully saturated rings. The first-order valence-electron chi connectivity index (χ1n) is 8.40. The zero-order valence-corrected chi connectivity index (χ0v) is 14.7. The maximum absolute atomic E-state index is 9.60. The van der Waals surface area contributed by atoms with Gasteiger partial charge in [0.05, 0.1) is 29.0 Å². The van der Waals surface area contributed by atoms with Crippen molar-refractivity contribution in [3.8, 4) is 6.07 Å². The Morgan fingerprint density at radius 1 is 1.32 bits per heavy atom. The van der Waals surface area contributed by atoms with Crippen LogP contribution < -0.4 is 4.90 Å². The Labute approximate surface area is 151 Å². The SMILES string of the molecule is Cc1cnn(C2CCCN(c3c(C#N)cnc4ccc(Cl)cc34)C2)c1. The van der Waals surface area contributed by atoms with Crippen LogP contribution in [0.3, 0.4) is 0 Å². The number of piperidine rings is 1. The molecule has 3 heterocycles. The lowest BCUT2D eigenvalue weighted by Gasteiger charge is -2.35. The summed E-state index contributed by atoms with van der Waals surface area (Å²) in [6, 6.07) is 8.24. The fourth-order valence-corrected chi connectivity index (χ4v) is 3.75. The first kappa shape index (κ1) is 15.9. The Balaban J connectivity index is 1.78. The molecule has 1 unspecified atom stereocenters. The Morgan fingerprint density at radius 3 is 2.96 bits per heavy atom. The van der Waals surface area contributed by atoms with E-state index in [2.05, 4.69) is 34.2 Å². The Bertz CT molecular complexity index is 972. The molecule has 0 radical (unpaired) electrons. The number of hydrogen-bond acceptors (Lipinski definition) is 4. The van der Waals surface area contributed by atoms with Gasteiger partial charge in [0.2, 0.25) is 0 Å². The van der Waals surface area contributed by atoms with E-state index in [-0.39, 0.29) is 0 Å². The number of aromatic nitrogens is 3. The Morgan fingerprint density at radius 2 is 2.20 bits per heavy atom. The molecule has 0 spiro atoms. The third-order valence-electron chi connectivity index (χ3n) is 4.74. The molecule has 0 N–H and O–H groups in total. The van der Waals surface area contributed by atoms with Gasteiger partial charge in [0.15, 0.2) is 0 Å². The number of anilines is 1. The molecule has 25 heavy (non-hydrogen) atoms. The standard InChI is InChI=1S/C19H18ClN5/c1-13-9-23-25(11-13)16-3-2-6-24(12-16)19-14(8-21)10-22-18-5-4-15(20)7-17(18)19/h4-5,7,9-11,16H,2-3,6,12H2,1H3. The van der Waals surface area contributed by atoms with Crippen molar-refractivity contribution < 1.29 is 0 Å². The largest absolute Gasteiger partial charge is 0.368 e. The van der Waals surface area contributed by atoms with Crippen molar-refractivity contribution in [3.63, 3.8) is 0 Å². The molecule has 0 amide bonds.